The maximum atomic E-state index is 11.1. The Hall–Kier alpha value is -2.04. The van der Waals surface area contributed by atoms with Crippen LogP contribution in [0.3, 0.4) is 0 Å². The standard InChI is InChI=1S/C10H12N4O/c11-9-3-1-8(2-4-9)5-6-14-7-12-13-10(14)15/h1-4,7H,5-6,11H2,(H,13,15). The Morgan fingerprint density at radius 2 is 2.07 bits per heavy atom. The molecule has 0 amide bonds. The zero-order valence-electron chi connectivity index (χ0n) is 8.18. The van der Waals surface area contributed by atoms with Gasteiger partial charge in [-0.25, -0.2) is 9.89 Å². The van der Waals surface area contributed by atoms with Crippen LogP contribution in [-0.2, 0) is 13.0 Å². The summed E-state index contributed by atoms with van der Waals surface area (Å²) in [7, 11) is 0. The minimum Gasteiger partial charge on any atom is -0.399 e. The van der Waals surface area contributed by atoms with Crippen LogP contribution < -0.4 is 11.4 Å². The fourth-order valence-corrected chi connectivity index (χ4v) is 1.36. The van der Waals surface area contributed by atoms with E-state index in [1.54, 1.807) is 0 Å². The van der Waals surface area contributed by atoms with Gasteiger partial charge in [-0.15, -0.1) is 0 Å². The molecule has 2 aromatic rings. The highest BCUT2D eigenvalue weighted by Gasteiger charge is 1.97. The molecular formula is C10H12N4O. The molecule has 78 valence electrons. The van der Waals surface area contributed by atoms with E-state index in [9.17, 15) is 4.79 Å². The Morgan fingerprint density at radius 1 is 1.33 bits per heavy atom. The molecule has 1 heterocycles. The maximum absolute atomic E-state index is 11.1. The van der Waals surface area contributed by atoms with Gasteiger partial charge in [-0.3, -0.25) is 4.57 Å². The predicted octanol–water partition coefficient (Wildman–Crippen LogP) is 0.396. The van der Waals surface area contributed by atoms with Crippen molar-refractivity contribution in [3.05, 3.63) is 46.6 Å². The average Bonchev–Trinajstić information content (AvgIpc) is 2.63. The van der Waals surface area contributed by atoms with E-state index in [1.165, 1.54) is 10.9 Å². The first-order valence-electron chi connectivity index (χ1n) is 4.70. The highest BCUT2D eigenvalue weighted by atomic mass is 16.1. The molecule has 0 saturated heterocycles. The van der Waals surface area contributed by atoms with Crippen molar-refractivity contribution in [1.82, 2.24) is 14.8 Å². The van der Waals surface area contributed by atoms with E-state index in [-0.39, 0.29) is 5.69 Å². The Kier molecular flexibility index (Phi) is 2.53. The van der Waals surface area contributed by atoms with Crippen LogP contribution in [0, 0.1) is 0 Å². The van der Waals surface area contributed by atoms with Crippen LogP contribution >= 0.6 is 0 Å². The quantitative estimate of drug-likeness (QED) is 0.710. The molecule has 0 radical (unpaired) electrons. The first-order chi connectivity index (χ1) is 7.25. The Bertz CT molecular complexity index is 483. The van der Waals surface area contributed by atoms with Gasteiger partial charge in [0.1, 0.15) is 6.33 Å². The van der Waals surface area contributed by atoms with Gasteiger partial charge in [-0.05, 0) is 24.1 Å². The number of nitrogens with two attached hydrogens (primary N) is 1. The van der Waals surface area contributed by atoms with E-state index < -0.39 is 0 Å². The normalized spacial score (nSPS) is 10.4. The molecule has 0 atom stereocenters. The van der Waals surface area contributed by atoms with Gasteiger partial charge in [0.2, 0.25) is 0 Å². The lowest BCUT2D eigenvalue weighted by Crippen LogP contribution is -2.17. The molecule has 5 nitrogen and oxygen atoms in total. The molecule has 0 aliphatic rings. The third-order valence-electron chi connectivity index (χ3n) is 2.24. The van der Waals surface area contributed by atoms with Crippen molar-refractivity contribution < 1.29 is 0 Å². The van der Waals surface area contributed by atoms with E-state index in [1.807, 2.05) is 24.3 Å². The average molecular weight is 204 g/mol. The number of aromatic nitrogens is 3. The molecule has 15 heavy (non-hydrogen) atoms. The molecule has 3 N–H and O–H groups in total. The summed E-state index contributed by atoms with van der Waals surface area (Å²) >= 11 is 0. The number of aryl methyl sites for hydroxylation is 2. The van der Waals surface area contributed by atoms with E-state index in [0.29, 0.717) is 6.54 Å². The molecule has 0 unspecified atom stereocenters. The van der Waals surface area contributed by atoms with Crippen molar-refractivity contribution in [2.24, 2.45) is 0 Å². The van der Waals surface area contributed by atoms with Crippen LogP contribution in [0.4, 0.5) is 5.69 Å². The van der Waals surface area contributed by atoms with Crippen LogP contribution in [0.2, 0.25) is 0 Å². The van der Waals surface area contributed by atoms with Crippen molar-refractivity contribution >= 4 is 5.69 Å². The van der Waals surface area contributed by atoms with E-state index in [0.717, 1.165) is 17.7 Å². The monoisotopic (exact) mass is 204 g/mol. The summed E-state index contributed by atoms with van der Waals surface area (Å²) in [5.41, 5.74) is 7.30. The van der Waals surface area contributed by atoms with Gasteiger partial charge in [-0.1, -0.05) is 12.1 Å². The van der Waals surface area contributed by atoms with Gasteiger partial charge < -0.3 is 5.73 Å². The van der Waals surface area contributed by atoms with Crippen molar-refractivity contribution in [3.8, 4) is 0 Å². The third kappa shape index (κ3) is 2.25. The number of nitrogen functional groups attached to an aromatic ring is 1. The molecule has 0 saturated carbocycles. The second-order valence-corrected chi connectivity index (χ2v) is 3.35. The number of hydrogen-bond donors (Lipinski definition) is 2. The first-order valence-corrected chi connectivity index (χ1v) is 4.70. The van der Waals surface area contributed by atoms with Crippen LogP contribution in [0.25, 0.3) is 0 Å². The molecule has 2 rings (SSSR count). The molecule has 0 fully saturated rings. The highest BCUT2D eigenvalue weighted by molar-refractivity contribution is 5.39. The molecule has 0 bridgehead atoms. The largest absolute Gasteiger partial charge is 0.399 e. The van der Waals surface area contributed by atoms with Crippen LogP contribution in [0.1, 0.15) is 5.56 Å². The van der Waals surface area contributed by atoms with Gasteiger partial charge in [-0.2, -0.15) is 5.10 Å². The molecule has 0 aliphatic carbocycles. The predicted molar refractivity (Wildman–Crippen MR) is 57.4 cm³/mol. The first kappa shape index (κ1) is 9.51. The highest BCUT2D eigenvalue weighted by Crippen LogP contribution is 2.06. The second kappa shape index (κ2) is 4.00. The lowest BCUT2D eigenvalue weighted by Gasteiger charge is -2.01. The van der Waals surface area contributed by atoms with E-state index >= 15 is 0 Å². The van der Waals surface area contributed by atoms with E-state index in [2.05, 4.69) is 10.2 Å². The summed E-state index contributed by atoms with van der Waals surface area (Å²) in [6.07, 6.45) is 2.29. The fourth-order valence-electron chi connectivity index (χ4n) is 1.36. The maximum Gasteiger partial charge on any atom is 0.343 e. The topological polar surface area (TPSA) is 76.7 Å². The minimum absolute atomic E-state index is 0.176. The van der Waals surface area contributed by atoms with Crippen LogP contribution in [0.5, 0.6) is 0 Å². The Labute approximate surface area is 86.5 Å². The second-order valence-electron chi connectivity index (χ2n) is 3.35. The molecule has 5 heteroatoms. The number of nitrogens with zero attached hydrogens (tertiary/aromatic N) is 2. The number of nitrogens with one attached hydrogen (secondary N) is 1. The van der Waals surface area contributed by atoms with Crippen molar-refractivity contribution in [2.75, 3.05) is 5.73 Å². The number of rotatable bonds is 3. The van der Waals surface area contributed by atoms with Gasteiger partial charge in [0.15, 0.2) is 0 Å². The molecule has 0 spiro atoms. The minimum atomic E-state index is -0.176. The smallest absolute Gasteiger partial charge is 0.343 e. The fraction of sp³-hybridized carbons (Fsp3) is 0.200. The molecule has 0 aliphatic heterocycles. The van der Waals surface area contributed by atoms with Crippen molar-refractivity contribution in [3.63, 3.8) is 0 Å². The molecule has 1 aromatic carbocycles. The van der Waals surface area contributed by atoms with Crippen LogP contribution in [0.15, 0.2) is 35.4 Å². The molecule has 1 aromatic heterocycles. The zero-order valence-corrected chi connectivity index (χ0v) is 8.18. The van der Waals surface area contributed by atoms with Crippen LogP contribution in [-0.4, -0.2) is 14.8 Å². The summed E-state index contributed by atoms with van der Waals surface area (Å²) in [6.45, 7) is 0.624. The number of aromatic amines is 1. The van der Waals surface area contributed by atoms with Gasteiger partial charge in [0, 0.05) is 12.2 Å². The Balaban J connectivity index is 2.02. The lowest BCUT2D eigenvalue weighted by molar-refractivity contribution is 0.671. The summed E-state index contributed by atoms with van der Waals surface area (Å²) in [5, 5.41) is 6.00. The van der Waals surface area contributed by atoms with Crippen molar-refractivity contribution in [1.29, 1.82) is 0 Å². The zero-order chi connectivity index (χ0) is 10.7. The summed E-state index contributed by atoms with van der Waals surface area (Å²) in [5.74, 6) is 0. The summed E-state index contributed by atoms with van der Waals surface area (Å²) in [6, 6.07) is 7.63. The number of H-pyrrole nitrogens is 1. The third-order valence-corrected chi connectivity index (χ3v) is 2.24. The number of hydrogen-bond acceptors (Lipinski definition) is 3. The lowest BCUT2D eigenvalue weighted by atomic mass is 10.1. The van der Waals surface area contributed by atoms with Gasteiger partial charge in [0.25, 0.3) is 0 Å². The number of anilines is 1. The van der Waals surface area contributed by atoms with Crippen molar-refractivity contribution in [2.45, 2.75) is 13.0 Å². The van der Waals surface area contributed by atoms with E-state index in [4.69, 9.17) is 5.73 Å². The number of benzene rings is 1. The summed E-state index contributed by atoms with van der Waals surface area (Å²) < 4.78 is 1.54. The van der Waals surface area contributed by atoms with Gasteiger partial charge >= 0.3 is 5.69 Å². The van der Waals surface area contributed by atoms with Gasteiger partial charge in [0.05, 0.1) is 0 Å². The summed E-state index contributed by atoms with van der Waals surface area (Å²) in [4.78, 5) is 11.1. The molecular weight excluding hydrogens is 192 g/mol. The Morgan fingerprint density at radius 3 is 2.67 bits per heavy atom. The SMILES string of the molecule is Nc1ccc(CCn2cn[nH]c2=O)cc1.